The second-order valence-electron chi connectivity index (χ2n) is 3.32. The highest BCUT2D eigenvalue weighted by Gasteiger charge is 2.07. The number of benzene rings is 1. The van der Waals surface area contributed by atoms with Crippen LogP contribution in [0.4, 0.5) is 0 Å². The lowest BCUT2D eigenvalue weighted by molar-refractivity contribution is 0.0696. The van der Waals surface area contributed by atoms with Crippen molar-refractivity contribution in [2.45, 2.75) is 16.0 Å². The molecule has 16 heavy (non-hydrogen) atoms. The third-order valence-corrected chi connectivity index (χ3v) is 4.34. The quantitative estimate of drug-likeness (QED) is 0.897. The summed E-state index contributed by atoms with van der Waals surface area (Å²) in [6, 6.07) is 9.28. The van der Waals surface area contributed by atoms with Crippen molar-refractivity contribution in [2.75, 3.05) is 0 Å². The Kier molecular flexibility index (Phi) is 3.31. The molecule has 0 saturated carbocycles. The molecule has 0 aliphatic carbocycles. The van der Waals surface area contributed by atoms with Crippen molar-refractivity contribution in [3.63, 3.8) is 0 Å². The van der Waals surface area contributed by atoms with Crippen molar-refractivity contribution >= 4 is 29.1 Å². The maximum absolute atomic E-state index is 10.8. The van der Waals surface area contributed by atoms with Crippen LogP contribution in [-0.2, 0) is 0 Å². The van der Waals surface area contributed by atoms with Crippen LogP contribution < -0.4 is 0 Å². The predicted octanol–water partition coefficient (Wildman–Crippen LogP) is 3.91. The van der Waals surface area contributed by atoms with Gasteiger partial charge in [0, 0.05) is 4.90 Å². The van der Waals surface area contributed by atoms with Crippen molar-refractivity contribution in [3.05, 3.63) is 46.8 Å². The van der Waals surface area contributed by atoms with Gasteiger partial charge in [-0.25, -0.2) is 4.79 Å². The topological polar surface area (TPSA) is 37.3 Å². The summed E-state index contributed by atoms with van der Waals surface area (Å²) in [5.41, 5.74) is 1.34. The Labute approximate surface area is 102 Å². The molecule has 0 fully saturated rings. The number of carbonyl (C=O) groups is 1. The van der Waals surface area contributed by atoms with Crippen LogP contribution in [0.1, 0.15) is 15.9 Å². The minimum atomic E-state index is -0.879. The van der Waals surface area contributed by atoms with Crippen LogP contribution in [0.15, 0.2) is 44.8 Å². The summed E-state index contributed by atoms with van der Waals surface area (Å²) >= 11 is 3.35. The molecule has 0 aliphatic heterocycles. The molecule has 82 valence electrons. The molecular formula is C12H10O2S2. The van der Waals surface area contributed by atoms with Crippen LogP contribution in [0, 0.1) is 6.92 Å². The lowest BCUT2D eigenvalue weighted by Crippen LogP contribution is -1.96. The lowest BCUT2D eigenvalue weighted by Gasteiger charge is -2.04. The van der Waals surface area contributed by atoms with Gasteiger partial charge < -0.3 is 5.11 Å². The average Bonchev–Trinajstić information content (AvgIpc) is 2.73. The Hall–Kier alpha value is -1.26. The van der Waals surface area contributed by atoms with Crippen LogP contribution in [0.5, 0.6) is 0 Å². The smallest absolute Gasteiger partial charge is 0.335 e. The second-order valence-corrected chi connectivity index (χ2v) is 5.61. The van der Waals surface area contributed by atoms with Gasteiger partial charge in [-0.3, -0.25) is 0 Å². The lowest BCUT2D eigenvalue weighted by atomic mass is 10.1. The summed E-state index contributed by atoms with van der Waals surface area (Å²) in [6.45, 7) is 1.93. The fourth-order valence-corrected chi connectivity index (χ4v) is 3.12. The summed E-state index contributed by atoms with van der Waals surface area (Å²) in [6.07, 6.45) is 0. The molecule has 0 radical (unpaired) electrons. The van der Waals surface area contributed by atoms with Crippen molar-refractivity contribution in [2.24, 2.45) is 0 Å². The molecule has 0 bridgehead atoms. The molecule has 1 heterocycles. The van der Waals surface area contributed by atoms with Gasteiger partial charge in [0.25, 0.3) is 0 Å². The average molecular weight is 250 g/mol. The maximum atomic E-state index is 10.8. The van der Waals surface area contributed by atoms with Gasteiger partial charge in [0.2, 0.25) is 0 Å². The minimum Gasteiger partial charge on any atom is -0.478 e. The molecule has 0 spiro atoms. The number of thiophene rings is 1. The Morgan fingerprint density at radius 1 is 1.38 bits per heavy atom. The summed E-state index contributed by atoms with van der Waals surface area (Å²) < 4.78 is 1.21. The van der Waals surface area contributed by atoms with Crippen LogP contribution in [0.2, 0.25) is 0 Å². The highest BCUT2D eigenvalue weighted by molar-refractivity contribution is 8.01. The molecule has 1 aromatic heterocycles. The number of carboxylic acids is 1. The molecule has 0 saturated heterocycles. The van der Waals surface area contributed by atoms with E-state index in [9.17, 15) is 4.79 Å². The van der Waals surface area contributed by atoms with Gasteiger partial charge in [-0.05, 0) is 42.1 Å². The summed E-state index contributed by atoms with van der Waals surface area (Å²) in [7, 11) is 0. The highest BCUT2D eigenvalue weighted by atomic mass is 32.2. The minimum absolute atomic E-state index is 0.341. The van der Waals surface area contributed by atoms with E-state index < -0.39 is 5.97 Å². The molecule has 4 heteroatoms. The Morgan fingerprint density at radius 3 is 2.75 bits per heavy atom. The van der Waals surface area contributed by atoms with E-state index in [1.807, 2.05) is 24.4 Å². The van der Waals surface area contributed by atoms with Gasteiger partial charge in [0.05, 0.1) is 9.77 Å². The van der Waals surface area contributed by atoms with Gasteiger partial charge in [0.1, 0.15) is 0 Å². The van der Waals surface area contributed by atoms with Gasteiger partial charge in [-0.1, -0.05) is 17.8 Å². The first-order valence-corrected chi connectivity index (χ1v) is 6.42. The van der Waals surface area contributed by atoms with Crippen molar-refractivity contribution in [1.29, 1.82) is 0 Å². The number of hydrogen-bond donors (Lipinski definition) is 1. The van der Waals surface area contributed by atoms with E-state index in [0.717, 1.165) is 10.5 Å². The number of hydrogen-bond acceptors (Lipinski definition) is 3. The summed E-state index contributed by atoms with van der Waals surface area (Å²) in [5.74, 6) is -0.879. The first-order chi connectivity index (χ1) is 7.66. The molecular weight excluding hydrogens is 240 g/mol. The Bertz CT molecular complexity index is 504. The Morgan fingerprint density at radius 2 is 2.19 bits per heavy atom. The first kappa shape index (κ1) is 11.2. The van der Waals surface area contributed by atoms with Gasteiger partial charge >= 0.3 is 5.97 Å². The molecule has 0 unspecified atom stereocenters. The van der Waals surface area contributed by atoms with Gasteiger partial charge in [-0.2, -0.15) is 0 Å². The molecule has 0 aliphatic rings. The highest BCUT2D eigenvalue weighted by Crippen LogP contribution is 2.33. The zero-order valence-corrected chi connectivity index (χ0v) is 10.3. The first-order valence-electron chi connectivity index (χ1n) is 4.72. The van der Waals surface area contributed by atoms with E-state index in [1.54, 1.807) is 35.2 Å². The zero-order valence-electron chi connectivity index (χ0n) is 8.64. The van der Waals surface area contributed by atoms with Crippen molar-refractivity contribution in [3.8, 4) is 0 Å². The summed E-state index contributed by atoms with van der Waals surface area (Å²) in [4.78, 5) is 11.9. The molecule has 2 rings (SSSR count). The van der Waals surface area contributed by atoms with Crippen molar-refractivity contribution in [1.82, 2.24) is 0 Å². The van der Waals surface area contributed by atoms with Gasteiger partial charge in [0.15, 0.2) is 0 Å². The molecule has 2 nitrogen and oxygen atoms in total. The fourth-order valence-electron chi connectivity index (χ4n) is 1.33. The molecule has 1 aromatic carbocycles. The normalized spacial score (nSPS) is 10.3. The predicted molar refractivity (Wildman–Crippen MR) is 66.6 cm³/mol. The van der Waals surface area contributed by atoms with E-state index in [1.165, 1.54) is 4.21 Å². The van der Waals surface area contributed by atoms with Crippen LogP contribution in [-0.4, -0.2) is 11.1 Å². The molecule has 0 atom stereocenters. The monoisotopic (exact) mass is 250 g/mol. The summed E-state index contributed by atoms with van der Waals surface area (Å²) in [5, 5.41) is 10.9. The van der Waals surface area contributed by atoms with Crippen molar-refractivity contribution < 1.29 is 9.90 Å². The fraction of sp³-hybridized carbons (Fsp3) is 0.0833. The second kappa shape index (κ2) is 4.72. The number of carboxylic acid groups (broad SMARTS) is 1. The van der Waals surface area contributed by atoms with E-state index in [0.29, 0.717) is 5.56 Å². The maximum Gasteiger partial charge on any atom is 0.335 e. The Balaban J connectivity index is 2.26. The SMILES string of the molecule is Cc1cc(C(=O)O)ccc1Sc1cccs1. The molecule has 2 aromatic rings. The van der Waals surface area contributed by atoms with E-state index in [4.69, 9.17) is 5.11 Å². The number of rotatable bonds is 3. The van der Waals surface area contributed by atoms with E-state index in [2.05, 4.69) is 6.07 Å². The third-order valence-electron chi connectivity index (χ3n) is 2.13. The number of aryl methyl sites for hydroxylation is 1. The number of aromatic carboxylic acids is 1. The molecule has 0 amide bonds. The largest absolute Gasteiger partial charge is 0.478 e. The van der Waals surface area contributed by atoms with Gasteiger partial charge in [-0.15, -0.1) is 11.3 Å². The zero-order chi connectivity index (χ0) is 11.5. The van der Waals surface area contributed by atoms with Crippen LogP contribution in [0.3, 0.4) is 0 Å². The third kappa shape index (κ3) is 2.46. The van der Waals surface area contributed by atoms with E-state index >= 15 is 0 Å². The molecule has 1 N–H and O–H groups in total. The van der Waals surface area contributed by atoms with Crippen LogP contribution in [0.25, 0.3) is 0 Å². The standard InChI is InChI=1S/C12H10O2S2/c1-8-7-9(12(13)14)4-5-10(8)16-11-3-2-6-15-11/h2-7H,1H3,(H,13,14). The van der Waals surface area contributed by atoms with E-state index in [-0.39, 0.29) is 0 Å². The van der Waals surface area contributed by atoms with Crippen LogP contribution >= 0.6 is 23.1 Å².